The van der Waals surface area contributed by atoms with E-state index in [4.69, 9.17) is 14.2 Å². The second kappa shape index (κ2) is 13.1. The van der Waals surface area contributed by atoms with Crippen LogP contribution in [0.25, 0.3) is 0 Å². The third-order valence-electron chi connectivity index (χ3n) is 8.66. The van der Waals surface area contributed by atoms with Crippen LogP contribution in [0, 0.1) is 5.92 Å². The number of nitrogens with zero attached hydrogens (tertiary/aromatic N) is 3. The smallest absolute Gasteiger partial charge is 0.414 e. The van der Waals surface area contributed by atoms with Gasteiger partial charge in [0.15, 0.2) is 0 Å². The lowest BCUT2D eigenvalue weighted by Gasteiger charge is -2.45. The number of carbonyl (C=O) groups excluding carboxylic acids is 2. The van der Waals surface area contributed by atoms with Crippen molar-refractivity contribution in [3.05, 3.63) is 71.5 Å². The molecular formula is C34H44FN5O5. The van der Waals surface area contributed by atoms with Crippen molar-refractivity contribution in [1.82, 2.24) is 20.1 Å². The van der Waals surface area contributed by atoms with Crippen LogP contribution in [-0.4, -0.2) is 70.7 Å². The first-order chi connectivity index (χ1) is 21.4. The molecule has 0 radical (unpaired) electrons. The molecular weight excluding hydrogens is 577 g/mol. The van der Waals surface area contributed by atoms with Crippen LogP contribution in [0.2, 0.25) is 0 Å². The molecule has 3 heterocycles. The molecule has 1 aliphatic carbocycles. The third kappa shape index (κ3) is 7.08. The number of benzene rings is 1. The number of methoxy groups -OCH3 is 1. The Hall–Kier alpha value is -4.12. The Morgan fingerprint density at radius 2 is 1.98 bits per heavy atom. The molecule has 0 saturated carbocycles. The number of amides is 2. The molecule has 2 aliphatic heterocycles. The van der Waals surface area contributed by atoms with Crippen LogP contribution in [0.15, 0.2) is 65.9 Å². The summed E-state index contributed by atoms with van der Waals surface area (Å²) in [5.41, 5.74) is 1.08. The Balaban J connectivity index is 1.26. The number of piperidine rings is 1. The van der Waals surface area contributed by atoms with Crippen molar-refractivity contribution in [2.24, 2.45) is 5.92 Å². The van der Waals surface area contributed by atoms with Crippen LogP contribution < -0.4 is 20.1 Å². The van der Waals surface area contributed by atoms with Gasteiger partial charge in [0.1, 0.15) is 29.3 Å². The average Bonchev–Trinajstić information content (AvgIpc) is 3.27. The number of nitrogens with one attached hydrogen (secondary N) is 2. The van der Waals surface area contributed by atoms with Crippen LogP contribution in [0.4, 0.5) is 14.9 Å². The Kier molecular flexibility index (Phi) is 9.38. The van der Waals surface area contributed by atoms with E-state index in [0.29, 0.717) is 37.0 Å². The lowest BCUT2D eigenvalue weighted by molar-refractivity contribution is -0.131. The van der Waals surface area contributed by atoms with Gasteiger partial charge in [-0.2, -0.15) is 0 Å². The Labute approximate surface area is 264 Å². The minimum Gasteiger partial charge on any atom is -0.497 e. The Bertz CT molecular complexity index is 1450. The number of hydrogen-bond acceptors (Lipinski definition) is 8. The molecule has 2 saturated heterocycles. The maximum atomic E-state index is 15.2. The van der Waals surface area contributed by atoms with Crippen molar-refractivity contribution in [3.63, 3.8) is 0 Å². The minimum absolute atomic E-state index is 0.0571. The number of halogens is 1. The van der Waals surface area contributed by atoms with Gasteiger partial charge in [-0.25, -0.2) is 14.2 Å². The quantitative estimate of drug-likeness (QED) is 0.364. The van der Waals surface area contributed by atoms with E-state index in [1.54, 1.807) is 41.0 Å². The van der Waals surface area contributed by atoms with Gasteiger partial charge in [-0.3, -0.25) is 14.6 Å². The van der Waals surface area contributed by atoms with Crippen molar-refractivity contribution in [1.29, 1.82) is 0 Å². The van der Waals surface area contributed by atoms with Gasteiger partial charge in [-0.05, 0) is 83.8 Å². The first kappa shape index (κ1) is 32.3. The molecule has 2 aromatic rings. The number of aromatic nitrogens is 1. The van der Waals surface area contributed by atoms with Gasteiger partial charge in [0.05, 0.1) is 24.7 Å². The molecule has 2 fully saturated rings. The van der Waals surface area contributed by atoms with E-state index >= 15 is 4.39 Å². The zero-order valence-corrected chi connectivity index (χ0v) is 27.0. The van der Waals surface area contributed by atoms with Crippen molar-refractivity contribution >= 4 is 17.7 Å². The number of carbonyl (C=O) groups is 2. The number of allylic oxidation sites excluding steroid dienone is 2. The van der Waals surface area contributed by atoms with Crippen LogP contribution in [0.3, 0.4) is 0 Å². The SMILES string of the molecule is CCN(C(=O)OC(C)(C)C)C1=C2NC(=O)C(C)(N3CCC[C@@H](Nc4ccc(OCc5ccc(OC)cc5)nc4)C3)C2CC(F)=C1. The second-order valence-electron chi connectivity index (χ2n) is 12.9. The fourth-order valence-corrected chi connectivity index (χ4v) is 6.28. The Morgan fingerprint density at radius 3 is 2.62 bits per heavy atom. The largest absolute Gasteiger partial charge is 0.497 e. The van der Waals surface area contributed by atoms with Crippen LogP contribution in [0.1, 0.15) is 59.4 Å². The van der Waals surface area contributed by atoms with E-state index in [-0.39, 0.29) is 30.7 Å². The van der Waals surface area contributed by atoms with Gasteiger partial charge >= 0.3 is 6.09 Å². The summed E-state index contributed by atoms with van der Waals surface area (Å²) in [6.45, 7) is 11.0. The highest BCUT2D eigenvalue weighted by Gasteiger charge is 2.56. The minimum atomic E-state index is -0.989. The number of ether oxygens (including phenoxy) is 3. The number of fused-ring (bicyclic) bond motifs is 1. The van der Waals surface area contributed by atoms with Crippen molar-refractivity contribution < 1.29 is 28.2 Å². The molecule has 3 atom stereocenters. The molecule has 2 N–H and O–H groups in total. The summed E-state index contributed by atoms with van der Waals surface area (Å²) >= 11 is 0. The van der Waals surface area contributed by atoms with E-state index in [2.05, 4.69) is 20.5 Å². The highest BCUT2D eigenvalue weighted by Crippen LogP contribution is 2.45. The molecule has 45 heavy (non-hydrogen) atoms. The van der Waals surface area contributed by atoms with Gasteiger partial charge in [-0.15, -0.1) is 0 Å². The van der Waals surface area contributed by atoms with Crippen molar-refractivity contribution in [2.45, 2.75) is 77.7 Å². The molecule has 0 bridgehead atoms. The van der Waals surface area contributed by atoms with Gasteiger partial charge in [0.25, 0.3) is 0 Å². The summed E-state index contributed by atoms with van der Waals surface area (Å²) in [4.78, 5) is 34.8. The first-order valence-corrected chi connectivity index (χ1v) is 15.6. The third-order valence-corrected chi connectivity index (χ3v) is 8.66. The highest BCUT2D eigenvalue weighted by molar-refractivity contribution is 5.92. The number of pyridine rings is 1. The van der Waals surface area contributed by atoms with E-state index in [1.807, 2.05) is 43.3 Å². The molecule has 0 spiro atoms. The molecule has 10 nitrogen and oxygen atoms in total. The van der Waals surface area contributed by atoms with Gasteiger partial charge in [0.2, 0.25) is 11.8 Å². The van der Waals surface area contributed by atoms with Crippen LogP contribution in [-0.2, 0) is 16.1 Å². The number of anilines is 1. The zero-order valence-electron chi connectivity index (χ0n) is 27.0. The van der Waals surface area contributed by atoms with E-state index < -0.39 is 23.2 Å². The van der Waals surface area contributed by atoms with Gasteiger partial charge in [0, 0.05) is 43.2 Å². The summed E-state index contributed by atoms with van der Waals surface area (Å²) in [5, 5.41) is 6.60. The number of hydrogen-bond donors (Lipinski definition) is 2. The molecule has 11 heteroatoms. The van der Waals surface area contributed by atoms with Gasteiger partial charge < -0.3 is 24.8 Å². The van der Waals surface area contributed by atoms with Crippen molar-refractivity contribution in [3.8, 4) is 11.6 Å². The summed E-state index contributed by atoms with van der Waals surface area (Å²) in [6, 6.07) is 11.5. The molecule has 5 rings (SSSR count). The average molecular weight is 622 g/mol. The summed E-state index contributed by atoms with van der Waals surface area (Å²) < 4.78 is 31.9. The number of rotatable bonds is 9. The van der Waals surface area contributed by atoms with E-state index in [1.165, 1.54) is 11.0 Å². The van der Waals surface area contributed by atoms with E-state index in [9.17, 15) is 9.59 Å². The summed E-state index contributed by atoms with van der Waals surface area (Å²) in [5.74, 6) is 0.289. The summed E-state index contributed by atoms with van der Waals surface area (Å²) in [6.07, 6.45) is 4.38. The lowest BCUT2D eigenvalue weighted by atomic mass is 9.78. The predicted molar refractivity (Wildman–Crippen MR) is 169 cm³/mol. The van der Waals surface area contributed by atoms with Gasteiger partial charge in [-0.1, -0.05) is 12.1 Å². The maximum absolute atomic E-state index is 15.2. The zero-order chi connectivity index (χ0) is 32.4. The topological polar surface area (TPSA) is 105 Å². The van der Waals surface area contributed by atoms with Crippen molar-refractivity contribution in [2.75, 3.05) is 32.1 Å². The molecule has 3 aliphatic rings. The fraction of sp³-hybridized carbons (Fsp3) is 0.500. The van der Waals surface area contributed by atoms with Crippen LogP contribution >= 0.6 is 0 Å². The number of likely N-dealkylation sites (N-methyl/N-ethyl adjacent to an activating group) is 1. The maximum Gasteiger partial charge on any atom is 0.414 e. The molecule has 1 aromatic carbocycles. The van der Waals surface area contributed by atoms with E-state index in [0.717, 1.165) is 29.8 Å². The Morgan fingerprint density at radius 1 is 1.22 bits per heavy atom. The lowest BCUT2D eigenvalue weighted by Crippen LogP contribution is -2.59. The highest BCUT2D eigenvalue weighted by atomic mass is 19.1. The fourth-order valence-electron chi connectivity index (χ4n) is 6.28. The predicted octanol–water partition coefficient (Wildman–Crippen LogP) is 5.78. The molecule has 2 unspecified atom stereocenters. The second-order valence-corrected chi connectivity index (χ2v) is 12.9. The molecule has 2 amide bonds. The molecule has 242 valence electrons. The first-order valence-electron chi connectivity index (χ1n) is 15.6. The number of likely N-dealkylation sites (tertiary alicyclic amines) is 1. The molecule has 1 aromatic heterocycles. The normalized spacial score (nSPS) is 23.5. The standard InChI is InChI=1S/C34H44FN5O5/c1-7-40(32(42)45-33(2,3)4)28-18-23(35)17-27-30(28)38-31(41)34(27,5)39-16-8-9-25(20-39)37-24-12-15-29(36-19-24)44-21-22-10-13-26(43-6)14-11-22/h10-15,18-19,25,27,37H,7-9,16-17,20-21H2,1-6H3,(H,38,41)/t25-,27?,34?/m1/s1. The summed E-state index contributed by atoms with van der Waals surface area (Å²) in [7, 11) is 1.63. The van der Waals surface area contributed by atoms with Crippen LogP contribution in [0.5, 0.6) is 11.6 Å². The monoisotopic (exact) mass is 621 g/mol.